The third kappa shape index (κ3) is 5.72. The van der Waals surface area contributed by atoms with Crippen LogP contribution >= 0.6 is 11.8 Å². The predicted octanol–water partition coefficient (Wildman–Crippen LogP) is 3.82. The normalized spacial score (nSPS) is 13.3. The summed E-state index contributed by atoms with van der Waals surface area (Å²) in [4.78, 5) is 23.6. The summed E-state index contributed by atoms with van der Waals surface area (Å²) in [6, 6.07) is 7.86. The summed E-state index contributed by atoms with van der Waals surface area (Å²) in [5.41, 5.74) is 1.99. The van der Waals surface area contributed by atoms with Gasteiger partial charge in [0.05, 0.1) is 17.6 Å². The lowest BCUT2D eigenvalue weighted by atomic mass is 9.97. The predicted molar refractivity (Wildman–Crippen MR) is 92.3 cm³/mol. The molecular weight excluding hydrogens is 298 g/mol. The number of thioether (sulfide) groups is 1. The van der Waals surface area contributed by atoms with Crippen LogP contribution in [0.1, 0.15) is 45.6 Å². The number of carbonyl (C=O) groups excluding carboxylic acids is 2. The Morgan fingerprint density at radius 1 is 1.23 bits per heavy atom. The molecule has 0 fully saturated rings. The Bertz CT molecular complexity index is 504. The van der Waals surface area contributed by atoms with Gasteiger partial charge in [-0.15, -0.1) is 11.8 Å². The molecule has 0 aliphatic rings. The van der Waals surface area contributed by atoms with E-state index in [0.29, 0.717) is 12.5 Å². The molecule has 0 aliphatic heterocycles. The van der Waals surface area contributed by atoms with Crippen LogP contribution in [0.2, 0.25) is 0 Å². The smallest absolute Gasteiger partial charge is 0.315 e. The van der Waals surface area contributed by atoms with Crippen molar-refractivity contribution in [3.8, 4) is 0 Å². The maximum absolute atomic E-state index is 12.3. The van der Waals surface area contributed by atoms with Gasteiger partial charge in [0.25, 0.3) is 0 Å². The molecule has 0 aliphatic carbocycles. The molecule has 22 heavy (non-hydrogen) atoms. The first kappa shape index (κ1) is 18.6. The second kappa shape index (κ2) is 9.51. The molecule has 0 heterocycles. The number of esters is 1. The third-order valence-electron chi connectivity index (χ3n) is 3.49. The number of anilines is 1. The number of hydrogen-bond donors (Lipinski definition) is 1. The second-order valence-corrected chi connectivity index (χ2v) is 6.47. The van der Waals surface area contributed by atoms with E-state index in [9.17, 15) is 9.59 Å². The highest BCUT2D eigenvalue weighted by molar-refractivity contribution is 8.01. The van der Waals surface area contributed by atoms with E-state index in [1.54, 1.807) is 13.8 Å². The van der Waals surface area contributed by atoms with Crippen molar-refractivity contribution in [1.29, 1.82) is 0 Å². The molecule has 1 aromatic carbocycles. The number of hydrogen-bond acceptors (Lipinski definition) is 4. The largest absolute Gasteiger partial charge is 0.465 e. The number of para-hydroxylation sites is 1. The van der Waals surface area contributed by atoms with E-state index in [0.717, 1.165) is 17.7 Å². The second-order valence-electron chi connectivity index (χ2n) is 5.14. The fourth-order valence-electron chi connectivity index (χ4n) is 1.97. The number of ether oxygens (including phenoxy) is 1. The van der Waals surface area contributed by atoms with Gasteiger partial charge in [-0.2, -0.15) is 0 Å². The lowest BCUT2D eigenvalue weighted by Crippen LogP contribution is -2.24. The summed E-state index contributed by atoms with van der Waals surface area (Å²) in [6.45, 7) is 8.20. The molecule has 2 unspecified atom stereocenters. The van der Waals surface area contributed by atoms with Crippen LogP contribution in [0.25, 0.3) is 0 Å². The van der Waals surface area contributed by atoms with Crippen LogP contribution in [-0.4, -0.2) is 29.5 Å². The van der Waals surface area contributed by atoms with Gasteiger partial charge >= 0.3 is 5.97 Å². The van der Waals surface area contributed by atoms with Gasteiger partial charge in [-0.1, -0.05) is 32.0 Å². The number of amides is 1. The van der Waals surface area contributed by atoms with E-state index in [-0.39, 0.29) is 22.9 Å². The van der Waals surface area contributed by atoms with Gasteiger partial charge in [0.1, 0.15) is 0 Å². The highest BCUT2D eigenvalue weighted by atomic mass is 32.2. The highest BCUT2D eigenvalue weighted by Crippen LogP contribution is 2.27. The minimum atomic E-state index is -0.311. The molecule has 0 saturated heterocycles. The topological polar surface area (TPSA) is 55.4 Å². The summed E-state index contributed by atoms with van der Waals surface area (Å²) in [5, 5.41) is 2.66. The number of nitrogens with one attached hydrogen (secondary N) is 1. The van der Waals surface area contributed by atoms with E-state index in [1.165, 1.54) is 11.8 Å². The van der Waals surface area contributed by atoms with Crippen LogP contribution in [0.5, 0.6) is 0 Å². The summed E-state index contributed by atoms with van der Waals surface area (Å²) < 4.78 is 4.86. The minimum Gasteiger partial charge on any atom is -0.465 e. The summed E-state index contributed by atoms with van der Waals surface area (Å²) in [7, 11) is 0. The summed E-state index contributed by atoms with van der Waals surface area (Å²) >= 11 is 1.29. The van der Waals surface area contributed by atoms with Crippen molar-refractivity contribution >= 4 is 29.3 Å². The monoisotopic (exact) mass is 323 g/mol. The van der Waals surface area contributed by atoms with E-state index in [1.807, 2.05) is 24.3 Å². The third-order valence-corrected chi connectivity index (χ3v) is 4.60. The van der Waals surface area contributed by atoms with Crippen molar-refractivity contribution in [3.63, 3.8) is 0 Å². The Balaban J connectivity index is 2.63. The quantitative estimate of drug-likeness (QED) is 0.739. The Morgan fingerprint density at radius 3 is 2.55 bits per heavy atom. The zero-order chi connectivity index (χ0) is 16.5. The zero-order valence-electron chi connectivity index (χ0n) is 13.7. The molecule has 1 aromatic rings. The van der Waals surface area contributed by atoms with Crippen LogP contribution in [0.4, 0.5) is 5.69 Å². The van der Waals surface area contributed by atoms with Gasteiger partial charge in [-0.3, -0.25) is 9.59 Å². The fraction of sp³-hybridized carbons (Fsp3) is 0.529. The maximum Gasteiger partial charge on any atom is 0.315 e. The Morgan fingerprint density at radius 2 is 1.91 bits per heavy atom. The molecule has 5 heteroatoms. The lowest BCUT2D eigenvalue weighted by Gasteiger charge is -2.17. The van der Waals surface area contributed by atoms with Crippen molar-refractivity contribution in [2.45, 2.75) is 45.3 Å². The molecule has 1 rings (SSSR count). The Hall–Kier alpha value is -1.49. The average molecular weight is 323 g/mol. The van der Waals surface area contributed by atoms with Gasteiger partial charge in [0, 0.05) is 5.69 Å². The van der Waals surface area contributed by atoms with Crippen LogP contribution in [0.15, 0.2) is 24.3 Å². The maximum atomic E-state index is 12.3. The van der Waals surface area contributed by atoms with Crippen LogP contribution in [-0.2, 0) is 14.3 Å². The van der Waals surface area contributed by atoms with Crippen molar-refractivity contribution in [1.82, 2.24) is 0 Å². The molecule has 0 bridgehead atoms. The van der Waals surface area contributed by atoms with E-state index >= 15 is 0 Å². The number of rotatable bonds is 8. The minimum absolute atomic E-state index is 0.0925. The van der Waals surface area contributed by atoms with Gasteiger partial charge in [-0.05, 0) is 37.8 Å². The van der Waals surface area contributed by atoms with Gasteiger partial charge in [-0.25, -0.2) is 0 Å². The Labute approximate surface area is 137 Å². The standard InChI is InChI=1S/C17H25NO3S/c1-5-12(3)14-9-7-8-10-15(14)18-17(20)13(4)22-11-16(19)21-6-2/h7-10,12-13H,5-6,11H2,1-4H3,(H,18,20). The van der Waals surface area contributed by atoms with Crippen LogP contribution < -0.4 is 5.32 Å². The van der Waals surface area contributed by atoms with Gasteiger partial charge < -0.3 is 10.1 Å². The Kier molecular flexibility index (Phi) is 8.02. The summed E-state index contributed by atoms with van der Waals surface area (Å²) in [6.07, 6.45) is 1.01. The first-order chi connectivity index (χ1) is 10.5. The molecule has 0 saturated carbocycles. The van der Waals surface area contributed by atoms with Crippen molar-refractivity contribution in [3.05, 3.63) is 29.8 Å². The molecule has 1 N–H and O–H groups in total. The van der Waals surface area contributed by atoms with Crippen molar-refractivity contribution in [2.75, 3.05) is 17.7 Å². The van der Waals surface area contributed by atoms with Crippen molar-refractivity contribution < 1.29 is 14.3 Å². The molecule has 122 valence electrons. The van der Waals surface area contributed by atoms with Gasteiger partial charge in [0.2, 0.25) is 5.91 Å². The number of benzene rings is 1. The molecule has 0 aromatic heterocycles. The fourth-order valence-corrected chi connectivity index (χ4v) is 2.65. The summed E-state index contributed by atoms with van der Waals surface area (Å²) in [5.74, 6) is 0.200. The highest BCUT2D eigenvalue weighted by Gasteiger charge is 2.17. The molecular formula is C17H25NO3S. The van der Waals surface area contributed by atoms with Gasteiger partial charge in [0.15, 0.2) is 0 Å². The molecule has 0 radical (unpaired) electrons. The lowest BCUT2D eigenvalue weighted by molar-refractivity contribution is -0.139. The van der Waals surface area contributed by atoms with E-state index < -0.39 is 0 Å². The van der Waals surface area contributed by atoms with E-state index in [2.05, 4.69) is 19.2 Å². The molecule has 2 atom stereocenters. The molecule has 0 spiro atoms. The van der Waals surface area contributed by atoms with Crippen molar-refractivity contribution in [2.24, 2.45) is 0 Å². The zero-order valence-corrected chi connectivity index (χ0v) is 14.5. The first-order valence-electron chi connectivity index (χ1n) is 7.66. The van der Waals surface area contributed by atoms with Crippen LogP contribution in [0, 0.1) is 0 Å². The first-order valence-corrected chi connectivity index (χ1v) is 8.71. The molecule has 4 nitrogen and oxygen atoms in total. The van der Waals surface area contributed by atoms with Crippen LogP contribution in [0.3, 0.4) is 0 Å². The number of carbonyl (C=O) groups is 2. The SMILES string of the molecule is CCOC(=O)CSC(C)C(=O)Nc1ccccc1C(C)CC. The molecule has 1 amide bonds. The average Bonchev–Trinajstić information content (AvgIpc) is 2.52. The van der Waals surface area contributed by atoms with E-state index in [4.69, 9.17) is 4.74 Å².